The zero-order valence-corrected chi connectivity index (χ0v) is 18.4. The predicted molar refractivity (Wildman–Crippen MR) is 113 cm³/mol. The zero-order valence-electron chi connectivity index (χ0n) is 16.0. The van der Waals surface area contributed by atoms with Crippen molar-refractivity contribution in [3.05, 3.63) is 64.5 Å². The number of rotatable bonds is 4. The molecule has 1 aliphatic heterocycles. The van der Waals surface area contributed by atoms with Gasteiger partial charge in [0.25, 0.3) is 10.0 Å². The van der Waals surface area contributed by atoms with E-state index in [0.717, 1.165) is 23.5 Å². The fourth-order valence-corrected chi connectivity index (χ4v) is 6.79. The second kappa shape index (κ2) is 8.50. The molecule has 164 valence electrons. The van der Waals surface area contributed by atoms with Gasteiger partial charge in [-0.3, -0.25) is 0 Å². The molecule has 11 heteroatoms. The highest BCUT2D eigenvalue weighted by atomic mass is 35.5. The number of aromatic nitrogens is 2. The van der Waals surface area contributed by atoms with E-state index >= 15 is 0 Å². The zero-order chi connectivity index (χ0) is 22.2. The molecule has 1 aliphatic rings. The summed E-state index contributed by atoms with van der Waals surface area (Å²) in [6, 6.07) is 8.10. The number of hydrogen-bond donors (Lipinski definition) is 0. The lowest BCUT2D eigenvalue weighted by Gasteiger charge is -2.31. The minimum Gasteiger partial charge on any atom is -0.244 e. The van der Waals surface area contributed by atoms with Gasteiger partial charge >= 0.3 is 6.18 Å². The fraction of sp³-hybridized carbons (Fsp3) is 0.300. The molecule has 2 aromatic heterocycles. The Kier molecular flexibility index (Phi) is 6.08. The molecule has 0 saturated carbocycles. The Bertz CT molecular complexity index is 1190. The summed E-state index contributed by atoms with van der Waals surface area (Å²) in [5, 5.41) is 0. The summed E-state index contributed by atoms with van der Waals surface area (Å²) in [7, 11) is -3.62. The van der Waals surface area contributed by atoms with Crippen molar-refractivity contribution in [1.29, 1.82) is 0 Å². The van der Waals surface area contributed by atoms with Crippen LogP contribution in [0.25, 0.3) is 11.1 Å². The molecule has 1 saturated heterocycles. The summed E-state index contributed by atoms with van der Waals surface area (Å²) >= 11 is 6.89. The van der Waals surface area contributed by atoms with Crippen molar-refractivity contribution in [2.45, 2.75) is 29.1 Å². The average molecular weight is 488 g/mol. The van der Waals surface area contributed by atoms with Gasteiger partial charge in [0.1, 0.15) is 10.5 Å². The average Bonchev–Trinajstić information content (AvgIpc) is 3.21. The first kappa shape index (κ1) is 22.2. The molecule has 4 rings (SSSR count). The van der Waals surface area contributed by atoms with Crippen molar-refractivity contribution >= 4 is 33.0 Å². The monoisotopic (exact) mass is 487 g/mol. The highest BCUT2D eigenvalue weighted by Crippen LogP contribution is 2.38. The van der Waals surface area contributed by atoms with Crippen LogP contribution in [0.4, 0.5) is 13.2 Å². The van der Waals surface area contributed by atoms with Crippen LogP contribution in [0.15, 0.2) is 53.1 Å². The molecule has 1 fully saturated rings. The highest BCUT2D eigenvalue weighted by Gasteiger charge is 2.33. The van der Waals surface area contributed by atoms with Crippen LogP contribution in [0.1, 0.15) is 30.0 Å². The van der Waals surface area contributed by atoms with Crippen molar-refractivity contribution < 1.29 is 21.6 Å². The summed E-state index contributed by atoms with van der Waals surface area (Å²) in [5.74, 6) is -0.0917. The Morgan fingerprint density at radius 1 is 1.13 bits per heavy atom. The van der Waals surface area contributed by atoms with Gasteiger partial charge in [0, 0.05) is 30.8 Å². The maximum Gasteiger partial charge on any atom is 0.416 e. The Hall–Kier alpha value is -2.01. The van der Waals surface area contributed by atoms with Crippen molar-refractivity contribution in [2.75, 3.05) is 13.1 Å². The molecule has 5 nitrogen and oxygen atoms in total. The lowest BCUT2D eigenvalue weighted by molar-refractivity contribution is -0.137. The third kappa shape index (κ3) is 4.62. The van der Waals surface area contributed by atoms with Gasteiger partial charge in [-0.1, -0.05) is 23.7 Å². The maximum absolute atomic E-state index is 13.1. The van der Waals surface area contributed by atoms with Gasteiger partial charge in [0.15, 0.2) is 0 Å². The smallest absolute Gasteiger partial charge is 0.244 e. The number of hydrogen-bond acceptors (Lipinski definition) is 5. The predicted octanol–water partition coefficient (Wildman–Crippen LogP) is 5.45. The molecule has 3 heterocycles. The van der Waals surface area contributed by atoms with Gasteiger partial charge in [-0.15, -0.1) is 11.3 Å². The van der Waals surface area contributed by atoms with Crippen molar-refractivity contribution in [2.24, 2.45) is 0 Å². The van der Waals surface area contributed by atoms with E-state index in [1.54, 1.807) is 12.1 Å². The second-order valence-corrected chi connectivity index (χ2v) is 11.0. The molecule has 31 heavy (non-hydrogen) atoms. The molecule has 0 amide bonds. The van der Waals surface area contributed by atoms with Crippen LogP contribution in [-0.4, -0.2) is 35.8 Å². The molecule has 0 bridgehead atoms. The SMILES string of the molecule is O=S(=O)(c1ccc(Cl)s1)N1CCC(c2ncncc2-c2cccc(C(F)(F)F)c2)CC1. The molecule has 1 aromatic carbocycles. The molecular weight excluding hydrogens is 471 g/mol. The minimum atomic E-state index is -4.45. The van der Waals surface area contributed by atoms with E-state index < -0.39 is 21.8 Å². The van der Waals surface area contributed by atoms with Gasteiger partial charge in [0.05, 0.1) is 15.6 Å². The number of thiophene rings is 1. The van der Waals surface area contributed by atoms with Crippen LogP contribution in [0.5, 0.6) is 0 Å². The molecule has 0 radical (unpaired) electrons. The Morgan fingerprint density at radius 2 is 1.87 bits per heavy atom. The topological polar surface area (TPSA) is 63.2 Å². The van der Waals surface area contributed by atoms with Crippen LogP contribution in [0.3, 0.4) is 0 Å². The summed E-state index contributed by atoms with van der Waals surface area (Å²) < 4.78 is 67.0. The van der Waals surface area contributed by atoms with E-state index in [4.69, 9.17) is 11.6 Å². The first-order valence-corrected chi connectivity index (χ1v) is 12.0. The van der Waals surface area contributed by atoms with Crippen LogP contribution >= 0.6 is 22.9 Å². The number of nitrogens with zero attached hydrogens (tertiary/aromatic N) is 3. The first-order valence-electron chi connectivity index (χ1n) is 9.39. The van der Waals surface area contributed by atoms with E-state index in [9.17, 15) is 21.6 Å². The van der Waals surface area contributed by atoms with Crippen LogP contribution in [0, 0.1) is 0 Å². The van der Waals surface area contributed by atoms with E-state index in [1.165, 1.54) is 29.0 Å². The lowest BCUT2D eigenvalue weighted by atomic mass is 9.89. The Labute approximate surface area is 186 Å². The number of piperidine rings is 1. The van der Waals surface area contributed by atoms with Crippen LogP contribution in [-0.2, 0) is 16.2 Å². The molecular formula is C20H17ClF3N3O2S2. The van der Waals surface area contributed by atoms with E-state index in [0.29, 0.717) is 34.0 Å². The summed E-state index contributed by atoms with van der Waals surface area (Å²) in [6.07, 6.45) is -0.573. The highest BCUT2D eigenvalue weighted by molar-refractivity contribution is 7.91. The summed E-state index contributed by atoms with van der Waals surface area (Å²) in [5.41, 5.74) is 0.800. The van der Waals surface area contributed by atoms with Crippen molar-refractivity contribution in [1.82, 2.24) is 14.3 Å². The largest absolute Gasteiger partial charge is 0.416 e. The minimum absolute atomic E-state index is 0.0917. The quantitative estimate of drug-likeness (QED) is 0.491. The van der Waals surface area contributed by atoms with E-state index in [-0.39, 0.29) is 23.2 Å². The van der Waals surface area contributed by atoms with Gasteiger partial charge in [-0.05, 0) is 42.7 Å². The van der Waals surface area contributed by atoms with Gasteiger partial charge in [-0.2, -0.15) is 17.5 Å². The number of benzene rings is 1. The van der Waals surface area contributed by atoms with Gasteiger partial charge in [-0.25, -0.2) is 18.4 Å². The standard InChI is InChI=1S/C20H17ClF3N3O2S2/c21-17-4-5-18(30-17)31(28,29)27-8-6-13(7-9-27)19-16(11-25-12-26-19)14-2-1-3-15(10-14)20(22,23)24/h1-5,10-13H,6-9H2. The van der Waals surface area contributed by atoms with Crippen LogP contribution < -0.4 is 0 Å². The molecule has 3 aromatic rings. The van der Waals surface area contributed by atoms with Crippen LogP contribution in [0.2, 0.25) is 4.34 Å². The number of halogens is 4. The third-order valence-corrected chi connectivity index (χ3v) is 8.82. The van der Waals surface area contributed by atoms with Crippen molar-refractivity contribution in [3.63, 3.8) is 0 Å². The van der Waals surface area contributed by atoms with Gasteiger partial charge < -0.3 is 0 Å². The number of alkyl halides is 3. The summed E-state index contributed by atoms with van der Waals surface area (Å²) in [6.45, 7) is 0.573. The first-order chi connectivity index (χ1) is 14.7. The fourth-order valence-electron chi connectivity index (χ4n) is 3.68. The molecule has 0 atom stereocenters. The number of sulfonamides is 1. The third-order valence-electron chi connectivity index (χ3n) is 5.23. The molecule has 0 aliphatic carbocycles. The Morgan fingerprint density at radius 3 is 2.52 bits per heavy atom. The maximum atomic E-state index is 13.1. The lowest BCUT2D eigenvalue weighted by Crippen LogP contribution is -2.37. The summed E-state index contributed by atoms with van der Waals surface area (Å²) in [4.78, 5) is 8.34. The molecule has 0 unspecified atom stereocenters. The van der Waals surface area contributed by atoms with Crippen molar-refractivity contribution in [3.8, 4) is 11.1 Å². The normalized spacial score (nSPS) is 16.5. The van der Waals surface area contributed by atoms with E-state index in [2.05, 4.69) is 9.97 Å². The Balaban J connectivity index is 1.57. The van der Waals surface area contributed by atoms with Gasteiger partial charge in [0.2, 0.25) is 0 Å². The molecule has 0 spiro atoms. The second-order valence-electron chi connectivity index (χ2n) is 7.14. The molecule has 0 N–H and O–H groups in total. The van der Waals surface area contributed by atoms with E-state index in [1.807, 2.05) is 0 Å².